The SMILES string of the molecule is O=Cc1ccc(C2CCN(C(=O)C3CCN(c4ccc5c(c4)C(=O)N(C4CCC(=O)NC4=O)C5=O)CC3)CC2)cc1. The number of nitrogens with zero attached hydrogens (tertiary/aromatic N) is 3. The van der Waals surface area contributed by atoms with Crippen LogP contribution in [0.2, 0.25) is 0 Å². The Hall–Kier alpha value is -4.34. The monoisotopic (exact) mass is 556 g/mol. The van der Waals surface area contributed by atoms with E-state index in [4.69, 9.17) is 0 Å². The maximum atomic E-state index is 13.3. The molecule has 41 heavy (non-hydrogen) atoms. The third-order valence-corrected chi connectivity index (χ3v) is 8.98. The van der Waals surface area contributed by atoms with E-state index in [1.54, 1.807) is 12.1 Å². The van der Waals surface area contributed by atoms with Crippen LogP contribution in [0.25, 0.3) is 0 Å². The zero-order valence-electron chi connectivity index (χ0n) is 22.7. The summed E-state index contributed by atoms with van der Waals surface area (Å²) in [6.45, 7) is 2.77. The molecule has 0 spiro atoms. The minimum absolute atomic E-state index is 0.0460. The number of amides is 5. The molecule has 0 radical (unpaired) electrons. The van der Waals surface area contributed by atoms with E-state index < -0.39 is 29.7 Å². The average Bonchev–Trinajstić information content (AvgIpc) is 3.25. The quantitative estimate of drug-likeness (QED) is 0.443. The maximum absolute atomic E-state index is 13.3. The Balaban J connectivity index is 1.04. The second kappa shape index (κ2) is 10.9. The number of anilines is 1. The third-order valence-electron chi connectivity index (χ3n) is 8.98. The Morgan fingerprint density at radius 1 is 0.805 bits per heavy atom. The highest BCUT2D eigenvalue weighted by molar-refractivity contribution is 6.23. The van der Waals surface area contributed by atoms with Gasteiger partial charge in [-0.1, -0.05) is 24.3 Å². The van der Waals surface area contributed by atoms with Gasteiger partial charge in [-0.25, -0.2) is 0 Å². The van der Waals surface area contributed by atoms with Gasteiger partial charge in [-0.2, -0.15) is 0 Å². The maximum Gasteiger partial charge on any atom is 0.262 e. The lowest BCUT2D eigenvalue weighted by molar-refractivity contribution is -0.137. The molecule has 0 bridgehead atoms. The molecule has 1 atom stereocenters. The van der Waals surface area contributed by atoms with Crippen molar-refractivity contribution in [3.63, 3.8) is 0 Å². The van der Waals surface area contributed by atoms with Gasteiger partial charge in [0, 0.05) is 49.8 Å². The van der Waals surface area contributed by atoms with E-state index in [1.807, 2.05) is 35.2 Å². The Labute approximate surface area is 237 Å². The van der Waals surface area contributed by atoms with Gasteiger partial charge < -0.3 is 9.80 Å². The molecule has 4 aliphatic rings. The van der Waals surface area contributed by atoms with Crippen LogP contribution < -0.4 is 10.2 Å². The number of aldehydes is 1. The number of hydrogen-bond acceptors (Lipinski definition) is 7. The molecule has 212 valence electrons. The zero-order valence-corrected chi connectivity index (χ0v) is 22.7. The summed E-state index contributed by atoms with van der Waals surface area (Å²) in [7, 11) is 0. The molecule has 3 saturated heterocycles. The third kappa shape index (κ3) is 5.03. The molecule has 10 nitrogen and oxygen atoms in total. The summed E-state index contributed by atoms with van der Waals surface area (Å²) >= 11 is 0. The molecule has 2 aromatic rings. The first-order valence-electron chi connectivity index (χ1n) is 14.3. The number of likely N-dealkylation sites (tertiary alicyclic amines) is 1. The number of carbonyl (C=O) groups excluding carboxylic acids is 6. The van der Waals surface area contributed by atoms with Crippen molar-refractivity contribution in [2.24, 2.45) is 5.92 Å². The van der Waals surface area contributed by atoms with Crippen LogP contribution in [0.15, 0.2) is 42.5 Å². The second-order valence-corrected chi connectivity index (χ2v) is 11.3. The second-order valence-electron chi connectivity index (χ2n) is 11.3. The first-order chi connectivity index (χ1) is 19.8. The van der Waals surface area contributed by atoms with E-state index in [1.165, 1.54) is 5.56 Å². The number of nitrogens with one attached hydrogen (secondary N) is 1. The van der Waals surface area contributed by atoms with Crippen molar-refractivity contribution < 1.29 is 28.8 Å². The minimum Gasteiger partial charge on any atom is -0.371 e. The lowest BCUT2D eigenvalue weighted by Crippen LogP contribution is -2.54. The fraction of sp³-hybridized carbons (Fsp3) is 0.419. The summed E-state index contributed by atoms with van der Waals surface area (Å²) in [5, 5.41) is 2.21. The topological polar surface area (TPSA) is 124 Å². The number of rotatable bonds is 5. The zero-order chi connectivity index (χ0) is 28.7. The van der Waals surface area contributed by atoms with Crippen molar-refractivity contribution >= 4 is 41.5 Å². The highest BCUT2D eigenvalue weighted by Gasteiger charge is 2.45. The number of hydrogen-bond donors (Lipinski definition) is 1. The van der Waals surface area contributed by atoms with Crippen LogP contribution in [-0.4, -0.2) is 77.8 Å². The van der Waals surface area contributed by atoms with Crippen LogP contribution in [0.3, 0.4) is 0 Å². The van der Waals surface area contributed by atoms with Gasteiger partial charge in [0.25, 0.3) is 11.8 Å². The Kier molecular flexibility index (Phi) is 7.15. The van der Waals surface area contributed by atoms with Gasteiger partial charge in [0.15, 0.2) is 0 Å². The Morgan fingerprint density at radius 2 is 1.49 bits per heavy atom. The van der Waals surface area contributed by atoms with Crippen LogP contribution in [0, 0.1) is 5.92 Å². The lowest BCUT2D eigenvalue weighted by Gasteiger charge is -2.38. The van der Waals surface area contributed by atoms with Gasteiger partial charge in [-0.3, -0.25) is 39.0 Å². The van der Waals surface area contributed by atoms with Crippen molar-refractivity contribution in [1.82, 2.24) is 15.1 Å². The van der Waals surface area contributed by atoms with E-state index in [0.29, 0.717) is 37.4 Å². The molecule has 1 N–H and O–H groups in total. The highest BCUT2D eigenvalue weighted by atomic mass is 16.2. The number of fused-ring (bicyclic) bond motifs is 1. The number of imide groups is 2. The van der Waals surface area contributed by atoms with E-state index in [0.717, 1.165) is 42.8 Å². The fourth-order valence-corrected chi connectivity index (χ4v) is 6.58. The summed E-state index contributed by atoms with van der Waals surface area (Å²) in [5.41, 5.74) is 3.21. The van der Waals surface area contributed by atoms with Crippen molar-refractivity contribution in [3.05, 3.63) is 64.7 Å². The summed E-state index contributed by atoms with van der Waals surface area (Å²) in [5.74, 6) is -1.52. The van der Waals surface area contributed by atoms with Crippen LogP contribution >= 0.6 is 0 Å². The molecule has 5 amide bonds. The predicted octanol–water partition coefficient (Wildman–Crippen LogP) is 2.52. The number of benzene rings is 2. The average molecular weight is 557 g/mol. The molecule has 6 rings (SSSR count). The molecule has 10 heteroatoms. The van der Waals surface area contributed by atoms with Crippen molar-refractivity contribution in [1.29, 1.82) is 0 Å². The minimum atomic E-state index is -0.988. The van der Waals surface area contributed by atoms with Gasteiger partial charge in [0.1, 0.15) is 12.3 Å². The van der Waals surface area contributed by atoms with Crippen LogP contribution in [0.4, 0.5) is 5.69 Å². The normalized spacial score (nSPS) is 22.1. The van der Waals surface area contributed by atoms with Gasteiger partial charge in [0.2, 0.25) is 17.7 Å². The van der Waals surface area contributed by atoms with E-state index in [2.05, 4.69) is 10.2 Å². The standard InChI is InChI=1S/C31H32N4O6/c36-18-19-1-3-20(4-2-19)21-9-15-34(16-10-21)29(39)22-11-13-33(14-12-22)23-5-6-24-25(17-23)31(41)35(30(24)40)26-7-8-27(37)32-28(26)38/h1-6,17-18,21-22,26H,7-16H2,(H,32,37,38). The smallest absolute Gasteiger partial charge is 0.262 e. The number of piperidine rings is 3. The van der Waals surface area contributed by atoms with Gasteiger partial charge in [-0.15, -0.1) is 0 Å². The summed E-state index contributed by atoms with van der Waals surface area (Å²) < 4.78 is 0. The highest BCUT2D eigenvalue weighted by Crippen LogP contribution is 2.34. The first kappa shape index (κ1) is 26.9. The number of carbonyl (C=O) groups is 6. The van der Waals surface area contributed by atoms with E-state index in [-0.39, 0.29) is 35.8 Å². The molecule has 0 aliphatic carbocycles. The Bertz CT molecular complexity index is 1420. The molecular formula is C31H32N4O6. The van der Waals surface area contributed by atoms with Gasteiger partial charge >= 0.3 is 0 Å². The van der Waals surface area contributed by atoms with Crippen molar-refractivity contribution in [2.75, 3.05) is 31.1 Å². The molecule has 1 unspecified atom stereocenters. The largest absolute Gasteiger partial charge is 0.371 e. The molecule has 0 saturated carbocycles. The van der Waals surface area contributed by atoms with E-state index in [9.17, 15) is 28.8 Å². The Morgan fingerprint density at radius 3 is 2.15 bits per heavy atom. The molecular weight excluding hydrogens is 524 g/mol. The summed E-state index contributed by atoms with van der Waals surface area (Å²) in [4.78, 5) is 79.3. The molecule has 0 aromatic heterocycles. The van der Waals surface area contributed by atoms with Gasteiger partial charge in [0.05, 0.1) is 11.1 Å². The van der Waals surface area contributed by atoms with Crippen molar-refractivity contribution in [3.8, 4) is 0 Å². The molecule has 2 aromatic carbocycles. The molecule has 4 aliphatic heterocycles. The summed E-state index contributed by atoms with van der Waals surface area (Å²) in [6.07, 6.45) is 4.27. The van der Waals surface area contributed by atoms with Crippen molar-refractivity contribution in [2.45, 2.75) is 50.5 Å². The summed E-state index contributed by atoms with van der Waals surface area (Å²) in [6, 6.07) is 11.9. The van der Waals surface area contributed by atoms with Crippen LogP contribution in [0.1, 0.15) is 81.1 Å². The molecule has 3 fully saturated rings. The van der Waals surface area contributed by atoms with Crippen LogP contribution in [0.5, 0.6) is 0 Å². The molecule has 4 heterocycles. The fourth-order valence-electron chi connectivity index (χ4n) is 6.58. The van der Waals surface area contributed by atoms with Crippen LogP contribution in [-0.2, 0) is 14.4 Å². The predicted molar refractivity (Wildman–Crippen MR) is 148 cm³/mol. The first-order valence-corrected chi connectivity index (χ1v) is 14.3. The lowest BCUT2D eigenvalue weighted by atomic mass is 9.87. The van der Waals surface area contributed by atoms with E-state index >= 15 is 0 Å². The van der Waals surface area contributed by atoms with Gasteiger partial charge in [-0.05, 0) is 61.8 Å².